The van der Waals surface area contributed by atoms with Crippen molar-refractivity contribution >= 4 is 23.3 Å². The van der Waals surface area contributed by atoms with Crippen molar-refractivity contribution in [2.45, 2.75) is 12.5 Å². The van der Waals surface area contributed by atoms with Crippen LogP contribution >= 0.6 is 11.6 Å². The minimum Gasteiger partial charge on any atom is -0.467 e. The Bertz CT molecular complexity index is 411. The average molecular weight is 224 g/mol. The summed E-state index contributed by atoms with van der Waals surface area (Å²) in [6, 6.07) is 7.17. The van der Waals surface area contributed by atoms with Crippen molar-refractivity contribution < 1.29 is 9.53 Å². The highest BCUT2D eigenvalue weighted by Crippen LogP contribution is 2.19. The van der Waals surface area contributed by atoms with Gasteiger partial charge in [0.1, 0.15) is 0 Å². The highest BCUT2D eigenvalue weighted by molar-refractivity contribution is 6.30. The van der Waals surface area contributed by atoms with E-state index in [1.54, 1.807) is 0 Å². The predicted octanol–water partition coefficient (Wildman–Crippen LogP) is 1.88. The van der Waals surface area contributed by atoms with E-state index in [1.807, 2.05) is 24.3 Å². The molecule has 1 aromatic carbocycles. The molecule has 0 fully saturated rings. The van der Waals surface area contributed by atoms with E-state index in [2.05, 4.69) is 9.73 Å². The Hall–Kier alpha value is -1.35. The van der Waals surface area contributed by atoms with Crippen molar-refractivity contribution in [1.29, 1.82) is 0 Å². The summed E-state index contributed by atoms with van der Waals surface area (Å²) in [7, 11) is 1.37. The second kappa shape index (κ2) is 4.03. The van der Waals surface area contributed by atoms with Crippen LogP contribution in [0.5, 0.6) is 0 Å². The molecule has 1 aromatic rings. The zero-order valence-corrected chi connectivity index (χ0v) is 8.99. The number of methoxy groups -OCH3 is 1. The molecule has 2 rings (SSSR count). The second-order valence-corrected chi connectivity index (χ2v) is 3.79. The number of ether oxygens (including phenoxy) is 1. The van der Waals surface area contributed by atoms with Crippen LogP contribution in [0, 0.1) is 0 Å². The number of hydrogen-bond donors (Lipinski definition) is 0. The van der Waals surface area contributed by atoms with Crippen LogP contribution < -0.4 is 0 Å². The third kappa shape index (κ3) is 2.36. The van der Waals surface area contributed by atoms with E-state index < -0.39 is 0 Å². The molecule has 0 saturated heterocycles. The Morgan fingerprint density at radius 3 is 2.73 bits per heavy atom. The fraction of sp³-hybridized carbons (Fsp3) is 0.273. The molecular formula is C11H10ClNO2. The number of benzene rings is 1. The van der Waals surface area contributed by atoms with E-state index in [1.165, 1.54) is 7.11 Å². The smallest absolute Gasteiger partial charge is 0.336 e. The molecule has 1 unspecified atom stereocenters. The monoisotopic (exact) mass is 223 g/mol. The first kappa shape index (κ1) is 10.2. The fourth-order valence-corrected chi connectivity index (χ4v) is 1.51. The molecule has 3 nitrogen and oxygen atoms in total. The quantitative estimate of drug-likeness (QED) is 0.734. The zero-order valence-electron chi connectivity index (χ0n) is 8.24. The van der Waals surface area contributed by atoms with Gasteiger partial charge >= 0.3 is 5.97 Å². The number of halogens is 1. The number of hydrogen-bond acceptors (Lipinski definition) is 3. The van der Waals surface area contributed by atoms with Gasteiger partial charge in [-0.15, -0.1) is 0 Å². The normalized spacial score (nSPS) is 18.3. The molecule has 0 aromatic heterocycles. The fourth-order valence-electron chi connectivity index (χ4n) is 1.38. The van der Waals surface area contributed by atoms with Gasteiger partial charge < -0.3 is 4.74 Å². The molecular weight excluding hydrogens is 214 g/mol. The lowest BCUT2D eigenvalue weighted by Gasteiger charge is -1.97. The van der Waals surface area contributed by atoms with Gasteiger partial charge in [-0.3, -0.25) is 4.99 Å². The van der Waals surface area contributed by atoms with Gasteiger partial charge in [0.15, 0.2) is 6.04 Å². The first-order valence-corrected chi connectivity index (χ1v) is 4.97. The Morgan fingerprint density at radius 2 is 2.13 bits per heavy atom. The van der Waals surface area contributed by atoms with E-state index in [4.69, 9.17) is 11.6 Å². The summed E-state index contributed by atoms with van der Waals surface area (Å²) in [5.41, 5.74) is 1.98. The largest absolute Gasteiger partial charge is 0.467 e. The van der Waals surface area contributed by atoms with Crippen LogP contribution in [0.1, 0.15) is 5.56 Å². The number of carbonyl (C=O) groups excluding carboxylic acids is 1. The molecule has 1 atom stereocenters. The first-order valence-electron chi connectivity index (χ1n) is 4.59. The summed E-state index contributed by atoms with van der Waals surface area (Å²) < 4.78 is 4.59. The van der Waals surface area contributed by atoms with Crippen LogP contribution in [0.3, 0.4) is 0 Å². The maximum atomic E-state index is 11.1. The van der Waals surface area contributed by atoms with E-state index in [0.29, 0.717) is 11.4 Å². The van der Waals surface area contributed by atoms with Crippen LogP contribution in [0.4, 0.5) is 0 Å². The molecule has 0 amide bonds. The SMILES string of the molecule is COC(=O)C1N=C1Cc1ccc(Cl)cc1. The maximum absolute atomic E-state index is 11.1. The number of nitrogens with zero attached hydrogens (tertiary/aromatic N) is 1. The number of esters is 1. The van der Waals surface area contributed by atoms with Gasteiger partial charge in [-0.2, -0.15) is 0 Å². The summed E-state index contributed by atoms with van der Waals surface area (Å²) in [5.74, 6) is -0.279. The summed E-state index contributed by atoms with van der Waals surface area (Å²) in [4.78, 5) is 15.1. The van der Waals surface area contributed by atoms with Gasteiger partial charge in [-0.1, -0.05) is 23.7 Å². The Labute approximate surface area is 92.7 Å². The molecule has 0 spiro atoms. The molecule has 0 bridgehead atoms. The summed E-state index contributed by atoms with van der Waals surface area (Å²) in [5, 5.41) is 0.709. The second-order valence-electron chi connectivity index (χ2n) is 3.35. The van der Waals surface area contributed by atoms with Crippen LogP contribution in [-0.4, -0.2) is 24.8 Å². The van der Waals surface area contributed by atoms with Crippen molar-refractivity contribution in [2.75, 3.05) is 7.11 Å². The Kier molecular flexibility index (Phi) is 2.73. The van der Waals surface area contributed by atoms with Crippen molar-refractivity contribution in [3.8, 4) is 0 Å². The lowest BCUT2D eigenvalue weighted by molar-refractivity contribution is -0.139. The van der Waals surface area contributed by atoms with Gasteiger partial charge in [0, 0.05) is 11.4 Å². The van der Waals surface area contributed by atoms with Crippen molar-refractivity contribution in [2.24, 2.45) is 4.99 Å². The zero-order chi connectivity index (χ0) is 10.8. The minimum absolute atomic E-state index is 0.279. The van der Waals surface area contributed by atoms with Crippen LogP contribution in [0.2, 0.25) is 5.02 Å². The topological polar surface area (TPSA) is 38.7 Å². The molecule has 0 N–H and O–H groups in total. The standard InChI is InChI=1S/C11H10ClNO2/c1-15-11(14)10-9(13-10)6-7-2-4-8(12)5-3-7/h2-5,10H,6H2,1H3. The predicted molar refractivity (Wildman–Crippen MR) is 58.4 cm³/mol. The minimum atomic E-state index is -0.342. The molecule has 78 valence electrons. The summed E-state index contributed by atoms with van der Waals surface area (Å²) in [6.45, 7) is 0. The Morgan fingerprint density at radius 1 is 1.47 bits per heavy atom. The van der Waals surface area contributed by atoms with Crippen molar-refractivity contribution in [3.05, 3.63) is 34.9 Å². The van der Waals surface area contributed by atoms with Gasteiger partial charge in [0.2, 0.25) is 0 Å². The van der Waals surface area contributed by atoms with E-state index in [9.17, 15) is 4.79 Å². The molecule has 15 heavy (non-hydrogen) atoms. The third-order valence-electron chi connectivity index (χ3n) is 2.27. The van der Waals surface area contributed by atoms with Crippen LogP contribution in [-0.2, 0) is 16.0 Å². The molecule has 0 radical (unpaired) electrons. The molecule has 1 aliphatic heterocycles. The molecule has 4 heteroatoms. The van der Waals surface area contributed by atoms with E-state index >= 15 is 0 Å². The highest BCUT2D eigenvalue weighted by Gasteiger charge is 2.35. The maximum Gasteiger partial charge on any atom is 0.336 e. The number of aliphatic imine (C=N–C) groups is 1. The van der Waals surface area contributed by atoms with Crippen LogP contribution in [0.25, 0.3) is 0 Å². The summed E-state index contributed by atoms with van der Waals surface area (Å²) >= 11 is 5.76. The molecule has 0 aliphatic carbocycles. The van der Waals surface area contributed by atoms with Crippen LogP contribution in [0.15, 0.2) is 29.3 Å². The molecule has 1 heterocycles. The highest BCUT2D eigenvalue weighted by atomic mass is 35.5. The molecule has 0 saturated carbocycles. The third-order valence-corrected chi connectivity index (χ3v) is 2.52. The van der Waals surface area contributed by atoms with Gasteiger partial charge in [-0.25, -0.2) is 4.79 Å². The number of rotatable bonds is 3. The lowest BCUT2D eigenvalue weighted by atomic mass is 10.1. The van der Waals surface area contributed by atoms with Gasteiger partial charge in [-0.05, 0) is 17.7 Å². The number of carbonyl (C=O) groups is 1. The van der Waals surface area contributed by atoms with E-state index in [-0.39, 0.29) is 12.0 Å². The Balaban J connectivity index is 1.92. The van der Waals surface area contributed by atoms with Crippen molar-refractivity contribution in [1.82, 2.24) is 0 Å². The van der Waals surface area contributed by atoms with E-state index in [0.717, 1.165) is 11.3 Å². The average Bonchev–Trinajstić information content (AvgIpc) is 3.00. The van der Waals surface area contributed by atoms with Crippen molar-refractivity contribution in [3.63, 3.8) is 0 Å². The first-order chi connectivity index (χ1) is 7.20. The van der Waals surface area contributed by atoms with Gasteiger partial charge in [0.05, 0.1) is 12.8 Å². The lowest BCUT2D eigenvalue weighted by Crippen LogP contribution is -2.15. The summed E-state index contributed by atoms with van der Waals surface area (Å²) in [6.07, 6.45) is 0.691. The molecule has 1 aliphatic rings. The van der Waals surface area contributed by atoms with Gasteiger partial charge in [0.25, 0.3) is 0 Å².